The van der Waals surface area contributed by atoms with Crippen molar-refractivity contribution in [2.24, 2.45) is 0 Å². The summed E-state index contributed by atoms with van der Waals surface area (Å²) in [6.07, 6.45) is -3.07. The monoisotopic (exact) mass is 549 g/mol. The van der Waals surface area contributed by atoms with Crippen molar-refractivity contribution in [3.05, 3.63) is 119 Å². The van der Waals surface area contributed by atoms with Crippen molar-refractivity contribution in [1.82, 2.24) is 5.32 Å². The lowest BCUT2D eigenvalue weighted by Gasteiger charge is -2.18. The zero-order chi connectivity index (χ0) is 29.4. The van der Waals surface area contributed by atoms with E-state index in [4.69, 9.17) is 5.11 Å². The van der Waals surface area contributed by atoms with E-state index in [1.807, 2.05) is 32.1 Å². The standard InChI is InChI=1S/C32H30F3NO4/c1-4-20(2)22-8-14-25(15-9-22)31(40)28(19-29(37)26-6-5-7-27(18-26)32(33,34)35)24-12-10-23(11-13-24)21(3)36-17-16-30(38)39/h4-15,18,28,36H,3,16-17,19H2,1-2H3,(H,38,39)/b20-4+. The van der Waals surface area contributed by atoms with Crippen LogP contribution in [-0.4, -0.2) is 29.2 Å². The van der Waals surface area contributed by atoms with Gasteiger partial charge in [-0.05, 0) is 48.2 Å². The first-order chi connectivity index (χ1) is 18.9. The number of alkyl halides is 3. The molecule has 0 saturated heterocycles. The number of halogens is 3. The smallest absolute Gasteiger partial charge is 0.416 e. The van der Waals surface area contributed by atoms with Crippen molar-refractivity contribution in [3.63, 3.8) is 0 Å². The average Bonchev–Trinajstić information content (AvgIpc) is 2.94. The summed E-state index contributed by atoms with van der Waals surface area (Å²) in [7, 11) is 0. The summed E-state index contributed by atoms with van der Waals surface area (Å²) in [4.78, 5) is 37.6. The fraction of sp³-hybridized carbons (Fsp3) is 0.219. The van der Waals surface area contributed by atoms with Crippen LogP contribution in [0.1, 0.15) is 75.6 Å². The Morgan fingerprint density at radius 1 is 0.925 bits per heavy atom. The lowest BCUT2D eigenvalue weighted by molar-refractivity contribution is -0.138. The summed E-state index contributed by atoms with van der Waals surface area (Å²) in [5, 5.41) is 11.7. The second-order valence-electron chi connectivity index (χ2n) is 9.34. The molecule has 2 N–H and O–H groups in total. The first-order valence-corrected chi connectivity index (χ1v) is 12.6. The third-order valence-electron chi connectivity index (χ3n) is 6.61. The van der Waals surface area contributed by atoms with Crippen molar-refractivity contribution in [3.8, 4) is 0 Å². The molecule has 0 aliphatic heterocycles. The molecular weight excluding hydrogens is 519 g/mol. The molecule has 5 nitrogen and oxygen atoms in total. The SMILES string of the molecule is C=C(NCCC(=O)O)c1ccc(C(CC(=O)c2cccc(C(F)(F)F)c2)C(=O)c2ccc(/C(C)=C/C)cc2)cc1. The number of nitrogens with one attached hydrogen (secondary N) is 1. The Kier molecular flexibility index (Phi) is 9.82. The number of carbonyl (C=O) groups is 3. The number of hydrogen-bond donors (Lipinski definition) is 2. The van der Waals surface area contributed by atoms with Gasteiger partial charge in [0.25, 0.3) is 0 Å². The van der Waals surface area contributed by atoms with Gasteiger partial charge in [0, 0.05) is 29.8 Å². The lowest BCUT2D eigenvalue weighted by atomic mass is 9.84. The zero-order valence-electron chi connectivity index (χ0n) is 22.2. The molecule has 0 saturated carbocycles. The number of Topliss-reactive ketones (excluding diaryl/α,β-unsaturated/α-hetero) is 2. The van der Waals surface area contributed by atoms with Crippen LogP contribution in [0.25, 0.3) is 11.3 Å². The van der Waals surface area contributed by atoms with Crippen LogP contribution in [-0.2, 0) is 11.0 Å². The van der Waals surface area contributed by atoms with Gasteiger partial charge < -0.3 is 10.4 Å². The maximum Gasteiger partial charge on any atom is 0.416 e. The minimum Gasteiger partial charge on any atom is -0.481 e. The van der Waals surface area contributed by atoms with E-state index in [1.165, 1.54) is 12.1 Å². The maximum absolute atomic E-state index is 13.7. The van der Waals surface area contributed by atoms with Crippen molar-refractivity contribution in [1.29, 1.82) is 0 Å². The molecule has 0 aliphatic rings. The van der Waals surface area contributed by atoms with Gasteiger partial charge >= 0.3 is 12.1 Å². The molecule has 0 bridgehead atoms. The molecule has 3 aromatic rings. The highest BCUT2D eigenvalue weighted by atomic mass is 19.4. The third-order valence-corrected chi connectivity index (χ3v) is 6.61. The highest BCUT2D eigenvalue weighted by Crippen LogP contribution is 2.32. The average molecular weight is 550 g/mol. The van der Waals surface area contributed by atoms with Crippen LogP contribution in [0.3, 0.4) is 0 Å². The number of carbonyl (C=O) groups excluding carboxylic acids is 2. The van der Waals surface area contributed by atoms with Crippen molar-refractivity contribution in [2.45, 2.75) is 38.8 Å². The molecule has 3 rings (SSSR count). The van der Waals surface area contributed by atoms with Gasteiger partial charge in [0.15, 0.2) is 11.6 Å². The van der Waals surface area contributed by atoms with Crippen molar-refractivity contribution in [2.75, 3.05) is 6.54 Å². The van der Waals surface area contributed by atoms with Crippen LogP contribution in [0.2, 0.25) is 0 Å². The Balaban J connectivity index is 1.92. The number of allylic oxidation sites excluding steroid dienone is 2. The van der Waals surface area contributed by atoms with Gasteiger partial charge in [-0.15, -0.1) is 0 Å². The number of rotatable bonds is 12. The van der Waals surface area contributed by atoms with Crippen LogP contribution in [0.4, 0.5) is 13.2 Å². The first-order valence-electron chi connectivity index (χ1n) is 12.6. The van der Waals surface area contributed by atoms with Gasteiger partial charge in [-0.2, -0.15) is 13.2 Å². The van der Waals surface area contributed by atoms with Gasteiger partial charge in [0.1, 0.15) is 0 Å². The topological polar surface area (TPSA) is 83.5 Å². The predicted octanol–water partition coefficient (Wildman–Crippen LogP) is 7.40. The molecule has 208 valence electrons. The van der Waals surface area contributed by atoms with Crippen LogP contribution in [0, 0.1) is 0 Å². The Hall–Kier alpha value is -4.46. The minimum atomic E-state index is -4.60. The molecule has 0 spiro atoms. The molecule has 0 aromatic heterocycles. The van der Waals surface area contributed by atoms with E-state index in [0.717, 1.165) is 23.3 Å². The Morgan fingerprint density at radius 2 is 1.52 bits per heavy atom. The van der Waals surface area contributed by atoms with Gasteiger partial charge in [-0.1, -0.05) is 73.3 Å². The maximum atomic E-state index is 13.7. The largest absolute Gasteiger partial charge is 0.481 e. The second kappa shape index (κ2) is 13.1. The molecule has 3 aromatic carbocycles. The van der Waals surface area contributed by atoms with E-state index >= 15 is 0 Å². The highest BCUT2D eigenvalue weighted by Gasteiger charge is 2.32. The Bertz CT molecular complexity index is 1420. The van der Waals surface area contributed by atoms with E-state index in [1.54, 1.807) is 36.4 Å². The first kappa shape index (κ1) is 30.1. The second-order valence-corrected chi connectivity index (χ2v) is 9.34. The van der Waals surface area contributed by atoms with Crippen LogP contribution >= 0.6 is 0 Å². The number of hydrogen-bond acceptors (Lipinski definition) is 4. The third kappa shape index (κ3) is 7.79. The summed E-state index contributed by atoms with van der Waals surface area (Å²) in [6.45, 7) is 7.94. The van der Waals surface area contributed by atoms with Gasteiger partial charge in [-0.3, -0.25) is 14.4 Å². The number of carboxylic acid groups (broad SMARTS) is 1. The van der Waals surface area contributed by atoms with Gasteiger partial charge in [0.2, 0.25) is 0 Å². The number of benzene rings is 3. The number of ketones is 2. The van der Waals surface area contributed by atoms with E-state index < -0.39 is 29.4 Å². The molecule has 40 heavy (non-hydrogen) atoms. The predicted molar refractivity (Wildman–Crippen MR) is 149 cm³/mol. The fourth-order valence-electron chi connectivity index (χ4n) is 4.14. The molecule has 0 fully saturated rings. The normalized spacial score (nSPS) is 12.5. The molecule has 8 heteroatoms. The van der Waals surface area contributed by atoms with Gasteiger partial charge in [-0.25, -0.2) is 0 Å². The Labute approximate surface area is 231 Å². The molecule has 0 amide bonds. The van der Waals surface area contributed by atoms with E-state index in [2.05, 4.69) is 11.9 Å². The fourth-order valence-corrected chi connectivity index (χ4v) is 4.14. The van der Waals surface area contributed by atoms with Gasteiger partial charge in [0.05, 0.1) is 17.9 Å². The number of carboxylic acids is 1. The van der Waals surface area contributed by atoms with E-state index in [9.17, 15) is 27.6 Å². The highest BCUT2D eigenvalue weighted by molar-refractivity contribution is 6.06. The lowest BCUT2D eigenvalue weighted by Crippen LogP contribution is -2.18. The van der Waals surface area contributed by atoms with Crippen molar-refractivity contribution < 1.29 is 32.7 Å². The molecule has 1 atom stereocenters. The quantitative estimate of drug-likeness (QED) is 0.230. The molecule has 1 unspecified atom stereocenters. The summed E-state index contributed by atoms with van der Waals surface area (Å²) < 4.78 is 39.7. The van der Waals surface area contributed by atoms with Crippen LogP contribution < -0.4 is 5.32 Å². The number of aliphatic carboxylic acids is 1. The Morgan fingerprint density at radius 3 is 2.10 bits per heavy atom. The molecule has 0 aliphatic carbocycles. The summed E-state index contributed by atoms with van der Waals surface area (Å²) in [6, 6.07) is 17.9. The van der Waals surface area contributed by atoms with Crippen LogP contribution in [0.5, 0.6) is 0 Å². The zero-order valence-corrected chi connectivity index (χ0v) is 22.2. The summed E-state index contributed by atoms with van der Waals surface area (Å²) in [5.74, 6) is -2.82. The molecule has 0 radical (unpaired) electrons. The van der Waals surface area contributed by atoms with E-state index in [-0.39, 0.29) is 30.7 Å². The molecular formula is C32H30F3NO4. The van der Waals surface area contributed by atoms with E-state index in [0.29, 0.717) is 22.4 Å². The van der Waals surface area contributed by atoms with Crippen molar-refractivity contribution >= 4 is 28.8 Å². The minimum absolute atomic E-state index is 0.0856. The van der Waals surface area contributed by atoms with Crippen LogP contribution in [0.15, 0.2) is 85.5 Å². The summed E-state index contributed by atoms with van der Waals surface area (Å²) >= 11 is 0. The summed E-state index contributed by atoms with van der Waals surface area (Å²) in [5.41, 5.74) is 2.95. The molecule has 0 heterocycles.